The van der Waals surface area contributed by atoms with E-state index in [1.54, 1.807) is 6.08 Å². The number of hydrogen-bond acceptors (Lipinski definition) is 5. The largest absolute Gasteiger partial charge is 0.493 e. The molecule has 0 aliphatic carbocycles. The van der Waals surface area contributed by atoms with E-state index in [1.165, 1.54) is 24.3 Å². The standard InChI is InChI=1S/C22H21FO5/c1-3-26-20-12-17-9-14(2)28-21(17)11-16(20)7-8-22(25)27-13-19(24)15-5-4-6-18(23)10-15/h4-8,10-12,14H,3,9,13H2,1-2H3/b8-7+/t14-/m0/s1. The highest BCUT2D eigenvalue weighted by Gasteiger charge is 2.21. The Balaban J connectivity index is 1.65. The third-order valence-electron chi connectivity index (χ3n) is 4.22. The molecule has 1 heterocycles. The minimum Gasteiger partial charge on any atom is -0.493 e. The molecule has 0 radical (unpaired) electrons. The molecule has 0 N–H and O–H groups in total. The normalized spacial score (nSPS) is 15.2. The number of ketones is 1. The second-order valence-electron chi connectivity index (χ2n) is 6.44. The minimum absolute atomic E-state index is 0.0995. The molecule has 1 atom stereocenters. The van der Waals surface area contributed by atoms with Crippen molar-refractivity contribution in [2.45, 2.75) is 26.4 Å². The number of hydrogen-bond donors (Lipinski definition) is 0. The highest BCUT2D eigenvalue weighted by atomic mass is 19.1. The van der Waals surface area contributed by atoms with Crippen molar-refractivity contribution in [1.29, 1.82) is 0 Å². The van der Waals surface area contributed by atoms with Gasteiger partial charge in [-0.05, 0) is 44.2 Å². The molecule has 0 saturated heterocycles. The van der Waals surface area contributed by atoms with Gasteiger partial charge in [0.25, 0.3) is 0 Å². The van der Waals surface area contributed by atoms with Gasteiger partial charge in [-0.3, -0.25) is 4.79 Å². The Morgan fingerprint density at radius 2 is 2.11 bits per heavy atom. The lowest BCUT2D eigenvalue weighted by atomic mass is 10.1. The molecule has 0 spiro atoms. The van der Waals surface area contributed by atoms with Crippen LogP contribution in [0.15, 0.2) is 42.5 Å². The molecule has 3 rings (SSSR count). The van der Waals surface area contributed by atoms with Gasteiger partial charge in [0, 0.05) is 29.2 Å². The monoisotopic (exact) mass is 384 g/mol. The van der Waals surface area contributed by atoms with Crippen molar-refractivity contribution in [1.82, 2.24) is 0 Å². The average molecular weight is 384 g/mol. The Labute approximate surface area is 162 Å². The van der Waals surface area contributed by atoms with Gasteiger partial charge in [-0.2, -0.15) is 0 Å². The van der Waals surface area contributed by atoms with Crippen molar-refractivity contribution >= 4 is 17.8 Å². The van der Waals surface area contributed by atoms with Crippen LogP contribution in [0.5, 0.6) is 11.5 Å². The molecule has 0 aromatic heterocycles. The van der Waals surface area contributed by atoms with Crippen LogP contribution in [0, 0.1) is 5.82 Å². The molecule has 146 valence electrons. The van der Waals surface area contributed by atoms with Crippen LogP contribution in [0.3, 0.4) is 0 Å². The Kier molecular flexibility index (Phi) is 6.09. The SMILES string of the molecule is CCOc1cc2c(cc1/C=C/C(=O)OCC(=O)c1cccc(F)c1)O[C@@H](C)C2. The lowest BCUT2D eigenvalue weighted by molar-refractivity contribution is -0.136. The maximum atomic E-state index is 13.2. The van der Waals surface area contributed by atoms with E-state index in [-0.39, 0.29) is 11.7 Å². The summed E-state index contributed by atoms with van der Waals surface area (Å²) in [5, 5.41) is 0. The van der Waals surface area contributed by atoms with Gasteiger partial charge in [0.05, 0.1) is 6.61 Å². The number of benzene rings is 2. The highest BCUT2D eigenvalue weighted by Crippen LogP contribution is 2.35. The summed E-state index contributed by atoms with van der Waals surface area (Å²) < 4.78 is 29.5. The Bertz CT molecular complexity index is 919. The zero-order chi connectivity index (χ0) is 20.1. The molecule has 5 nitrogen and oxygen atoms in total. The first-order chi connectivity index (χ1) is 13.5. The number of carbonyl (C=O) groups is 2. The molecule has 0 fully saturated rings. The average Bonchev–Trinajstić information content (AvgIpc) is 3.03. The van der Waals surface area contributed by atoms with E-state index in [0.29, 0.717) is 17.9 Å². The van der Waals surface area contributed by atoms with Crippen molar-refractivity contribution in [2.75, 3.05) is 13.2 Å². The number of rotatable bonds is 7. The topological polar surface area (TPSA) is 61.8 Å². The fraction of sp³-hybridized carbons (Fsp3) is 0.273. The molecule has 1 aliphatic rings. The van der Waals surface area contributed by atoms with Gasteiger partial charge in [-0.15, -0.1) is 0 Å². The maximum absolute atomic E-state index is 13.2. The first kappa shape index (κ1) is 19.6. The van der Waals surface area contributed by atoms with Crippen molar-refractivity contribution in [2.24, 2.45) is 0 Å². The number of halogens is 1. The van der Waals surface area contributed by atoms with Crippen LogP contribution in [0.2, 0.25) is 0 Å². The van der Waals surface area contributed by atoms with Gasteiger partial charge in [-0.1, -0.05) is 12.1 Å². The molecular formula is C22H21FO5. The van der Waals surface area contributed by atoms with Gasteiger partial charge >= 0.3 is 5.97 Å². The number of carbonyl (C=O) groups excluding carboxylic acids is 2. The summed E-state index contributed by atoms with van der Waals surface area (Å²) in [5.74, 6) is -0.254. The van der Waals surface area contributed by atoms with Crippen molar-refractivity contribution in [3.05, 3.63) is 65.0 Å². The van der Waals surface area contributed by atoms with Crippen molar-refractivity contribution < 1.29 is 28.2 Å². The Morgan fingerprint density at radius 1 is 1.29 bits per heavy atom. The first-order valence-corrected chi connectivity index (χ1v) is 9.06. The van der Waals surface area contributed by atoms with Crippen molar-refractivity contribution in [3.63, 3.8) is 0 Å². The third-order valence-corrected chi connectivity index (χ3v) is 4.22. The summed E-state index contributed by atoms with van der Waals surface area (Å²) in [5.41, 5.74) is 1.90. The summed E-state index contributed by atoms with van der Waals surface area (Å²) in [7, 11) is 0. The molecule has 2 aromatic rings. The molecule has 0 saturated carbocycles. The van der Waals surface area contributed by atoms with E-state index in [1.807, 2.05) is 26.0 Å². The smallest absolute Gasteiger partial charge is 0.331 e. The summed E-state index contributed by atoms with van der Waals surface area (Å²) in [6.07, 6.45) is 3.69. The minimum atomic E-state index is -0.679. The third kappa shape index (κ3) is 4.76. The molecule has 1 aliphatic heterocycles. The lowest BCUT2D eigenvalue weighted by Crippen LogP contribution is -2.12. The van der Waals surface area contributed by atoms with Gasteiger partial charge in [-0.25, -0.2) is 9.18 Å². The molecular weight excluding hydrogens is 363 g/mol. The summed E-state index contributed by atoms with van der Waals surface area (Å²) in [6.45, 7) is 3.90. The molecule has 0 amide bonds. The van der Waals surface area contributed by atoms with E-state index in [9.17, 15) is 14.0 Å². The molecule has 6 heteroatoms. The summed E-state index contributed by atoms with van der Waals surface area (Å²) in [6, 6.07) is 8.98. The van der Waals surface area contributed by atoms with E-state index in [0.717, 1.165) is 23.8 Å². The predicted molar refractivity (Wildman–Crippen MR) is 102 cm³/mol. The molecule has 0 unspecified atom stereocenters. The van der Waals surface area contributed by atoms with E-state index >= 15 is 0 Å². The number of fused-ring (bicyclic) bond motifs is 1. The van der Waals surface area contributed by atoms with Crippen LogP contribution in [-0.2, 0) is 16.0 Å². The zero-order valence-electron chi connectivity index (χ0n) is 15.7. The van der Waals surface area contributed by atoms with Crippen LogP contribution < -0.4 is 9.47 Å². The first-order valence-electron chi connectivity index (χ1n) is 9.06. The quantitative estimate of drug-likeness (QED) is 0.410. The van der Waals surface area contributed by atoms with E-state index in [4.69, 9.17) is 14.2 Å². The lowest BCUT2D eigenvalue weighted by Gasteiger charge is -2.10. The number of ether oxygens (including phenoxy) is 3. The second kappa shape index (κ2) is 8.69. The summed E-state index contributed by atoms with van der Waals surface area (Å²) >= 11 is 0. The van der Waals surface area contributed by atoms with Crippen LogP contribution in [-0.4, -0.2) is 31.1 Å². The summed E-state index contributed by atoms with van der Waals surface area (Å²) in [4.78, 5) is 23.9. The van der Waals surface area contributed by atoms with E-state index in [2.05, 4.69) is 0 Å². The second-order valence-corrected chi connectivity index (χ2v) is 6.44. The molecule has 28 heavy (non-hydrogen) atoms. The van der Waals surface area contributed by atoms with Gasteiger partial charge in [0.15, 0.2) is 12.4 Å². The molecule has 2 aromatic carbocycles. The van der Waals surface area contributed by atoms with Crippen LogP contribution in [0.4, 0.5) is 4.39 Å². The number of esters is 1. The van der Waals surface area contributed by atoms with Gasteiger partial charge in [0.1, 0.15) is 23.4 Å². The van der Waals surface area contributed by atoms with Crippen LogP contribution in [0.1, 0.15) is 35.3 Å². The predicted octanol–water partition coefficient (Wildman–Crippen LogP) is 3.99. The van der Waals surface area contributed by atoms with Gasteiger partial charge in [0.2, 0.25) is 0 Å². The zero-order valence-corrected chi connectivity index (χ0v) is 15.7. The van der Waals surface area contributed by atoms with Crippen LogP contribution in [0.25, 0.3) is 6.08 Å². The Morgan fingerprint density at radius 3 is 2.86 bits per heavy atom. The number of Topliss-reactive ketones (excluding diaryl/α,β-unsaturated/α-hetero) is 1. The van der Waals surface area contributed by atoms with Crippen LogP contribution >= 0.6 is 0 Å². The highest BCUT2D eigenvalue weighted by molar-refractivity contribution is 5.98. The Hall–Kier alpha value is -3.15. The fourth-order valence-electron chi connectivity index (χ4n) is 2.95. The van der Waals surface area contributed by atoms with Crippen molar-refractivity contribution in [3.8, 4) is 11.5 Å². The fourth-order valence-corrected chi connectivity index (χ4v) is 2.95. The maximum Gasteiger partial charge on any atom is 0.331 e. The van der Waals surface area contributed by atoms with Gasteiger partial charge < -0.3 is 14.2 Å². The van der Waals surface area contributed by atoms with E-state index < -0.39 is 24.2 Å². The molecule has 0 bridgehead atoms.